The maximum atomic E-state index is 12.3. The molecule has 3 aliphatic rings. The topological polar surface area (TPSA) is 57.5 Å². The first kappa shape index (κ1) is 17.2. The van der Waals surface area contributed by atoms with Crippen molar-refractivity contribution in [3.63, 3.8) is 0 Å². The van der Waals surface area contributed by atoms with Crippen LogP contribution in [0.25, 0.3) is 0 Å². The molecule has 5 atom stereocenters. The van der Waals surface area contributed by atoms with E-state index in [-0.39, 0.29) is 23.4 Å². The van der Waals surface area contributed by atoms with E-state index in [2.05, 4.69) is 13.8 Å². The number of fused-ring (bicyclic) bond motifs is 1. The van der Waals surface area contributed by atoms with Gasteiger partial charge in [-0.2, -0.15) is 0 Å². The summed E-state index contributed by atoms with van der Waals surface area (Å²) in [6, 6.07) is 0. The van der Waals surface area contributed by atoms with Crippen LogP contribution in [0.5, 0.6) is 0 Å². The SMILES string of the molecule is CC(C)[C@]12CC[C@@H](O)[C@H](C=C[C@@H](O)C3CCCCC3)[C@H]1CC2=O. The van der Waals surface area contributed by atoms with Gasteiger partial charge < -0.3 is 10.2 Å². The minimum absolute atomic E-state index is 0.0297. The van der Waals surface area contributed by atoms with E-state index in [1.165, 1.54) is 19.3 Å². The van der Waals surface area contributed by atoms with Crippen molar-refractivity contribution >= 4 is 5.78 Å². The quantitative estimate of drug-likeness (QED) is 0.780. The number of hydrogen-bond acceptors (Lipinski definition) is 3. The van der Waals surface area contributed by atoms with Crippen LogP contribution in [0.4, 0.5) is 0 Å². The zero-order valence-corrected chi connectivity index (χ0v) is 14.6. The summed E-state index contributed by atoms with van der Waals surface area (Å²) >= 11 is 0. The normalized spacial score (nSPS) is 40.2. The van der Waals surface area contributed by atoms with Crippen LogP contribution in [-0.4, -0.2) is 28.2 Å². The molecular weight excluding hydrogens is 288 g/mol. The van der Waals surface area contributed by atoms with Crippen LogP contribution in [0.3, 0.4) is 0 Å². The van der Waals surface area contributed by atoms with E-state index in [0.717, 1.165) is 19.3 Å². The molecule has 0 saturated heterocycles. The summed E-state index contributed by atoms with van der Waals surface area (Å²) in [5.74, 6) is 1.38. The van der Waals surface area contributed by atoms with Crippen molar-refractivity contribution in [1.82, 2.24) is 0 Å². The molecule has 0 radical (unpaired) electrons. The number of rotatable bonds is 4. The van der Waals surface area contributed by atoms with Crippen molar-refractivity contribution in [2.75, 3.05) is 0 Å². The lowest BCUT2D eigenvalue weighted by Gasteiger charge is -2.57. The highest BCUT2D eigenvalue weighted by Gasteiger charge is 2.61. The first-order valence-electron chi connectivity index (χ1n) is 9.54. The van der Waals surface area contributed by atoms with Gasteiger partial charge in [0.1, 0.15) is 5.78 Å². The maximum Gasteiger partial charge on any atom is 0.139 e. The fraction of sp³-hybridized carbons (Fsp3) is 0.850. The largest absolute Gasteiger partial charge is 0.393 e. The minimum Gasteiger partial charge on any atom is -0.393 e. The van der Waals surface area contributed by atoms with Gasteiger partial charge in [-0.25, -0.2) is 0 Å². The van der Waals surface area contributed by atoms with Gasteiger partial charge >= 0.3 is 0 Å². The molecule has 0 unspecified atom stereocenters. The first-order valence-corrected chi connectivity index (χ1v) is 9.54. The molecule has 0 aromatic rings. The summed E-state index contributed by atoms with van der Waals surface area (Å²) in [5, 5.41) is 20.9. The van der Waals surface area contributed by atoms with Crippen LogP contribution in [-0.2, 0) is 4.79 Å². The average molecular weight is 320 g/mol. The molecule has 3 nitrogen and oxygen atoms in total. The second-order valence-electron chi connectivity index (χ2n) is 8.39. The summed E-state index contributed by atoms with van der Waals surface area (Å²) < 4.78 is 0. The van der Waals surface area contributed by atoms with E-state index in [1.807, 2.05) is 12.2 Å². The predicted molar refractivity (Wildman–Crippen MR) is 90.8 cm³/mol. The molecule has 0 aromatic carbocycles. The first-order chi connectivity index (χ1) is 11.0. The van der Waals surface area contributed by atoms with Crippen molar-refractivity contribution in [2.45, 2.75) is 77.4 Å². The van der Waals surface area contributed by atoms with E-state index >= 15 is 0 Å². The lowest BCUT2D eigenvalue weighted by atomic mass is 9.45. The zero-order valence-electron chi connectivity index (χ0n) is 14.6. The monoisotopic (exact) mass is 320 g/mol. The molecule has 23 heavy (non-hydrogen) atoms. The Kier molecular flexibility index (Phi) is 4.98. The van der Waals surface area contributed by atoms with Crippen molar-refractivity contribution in [1.29, 1.82) is 0 Å². The minimum atomic E-state index is -0.395. The van der Waals surface area contributed by atoms with Gasteiger partial charge in [0.2, 0.25) is 0 Å². The van der Waals surface area contributed by atoms with Crippen molar-refractivity contribution in [3.8, 4) is 0 Å². The molecule has 0 amide bonds. The van der Waals surface area contributed by atoms with Crippen molar-refractivity contribution in [3.05, 3.63) is 12.2 Å². The Morgan fingerprint density at radius 2 is 1.87 bits per heavy atom. The Labute approximate surface area is 140 Å². The lowest BCUT2D eigenvalue weighted by molar-refractivity contribution is -0.167. The third-order valence-electron chi connectivity index (χ3n) is 7.04. The predicted octanol–water partition coefficient (Wildman–Crippen LogP) is 3.49. The number of aliphatic hydroxyl groups excluding tert-OH is 2. The summed E-state index contributed by atoms with van der Waals surface area (Å²) in [6.45, 7) is 4.28. The fourth-order valence-corrected chi connectivity index (χ4v) is 5.48. The molecule has 0 aliphatic heterocycles. The zero-order chi connectivity index (χ0) is 16.6. The lowest BCUT2D eigenvalue weighted by Crippen LogP contribution is -2.60. The summed E-state index contributed by atoms with van der Waals surface area (Å²) in [6.07, 6.45) is 11.3. The molecule has 3 saturated carbocycles. The van der Waals surface area contributed by atoms with Gasteiger partial charge in [0.15, 0.2) is 0 Å². The number of hydrogen-bond donors (Lipinski definition) is 2. The molecule has 3 heteroatoms. The average Bonchev–Trinajstić information content (AvgIpc) is 2.54. The van der Waals surface area contributed by atoms with Crippen molar-refractivity contribution in [2.24, 2.45) is 29.1 Å². The Balaban J connectivity index is 1.70. The molecule has 0 spiro atoms. The van der Waals surface area contributed by atoms with E-state index in [1.54, 1.807) is 0 Å². The molecule has 3 fully saturated rings. The van der Waals surface area contributed by atoms with Gasteiger partial charge in [0.05, 0.1) is 12.2 Å². The second kappa shape index (κ2) is 6.68. The Morgan fingerprint density at radius 1 is 1.17 bits per heavy atom. The third kappa shape index (κ3) is 2.91. The molecule has 0 aromatic heterocycles. The second-order valence-corrected chi connectivity index (χ2v) is 8.39. The van der Waals surface area contributed by atoms with E-state index in [4.69, 9.17) is 0 Å². The van der Waals surface area contributed by atoms with Crippen LogP contribution in [0.2, 0.25) is 0 Å². The smallest absolute Gasteiger partial charge is 0.139 e. The molecule has 130 valence electrons. The van der Waals surface area contributed by atoms with Crippen LogP contribution < -0.4 is 0 Å². The van der Waals surface area contributed by atoms with Crippen molar-refractivity contribution < 1.29 is 15.0 Å². The molecule has 2 N–H and O–H groups in total. The molecular formula is C20H32O3. The van der Waals surface area contributed by atoms with Gasteiger partial charge in [-0.05, 0) is 43.4 Å². The summed E-state index contributed by atoms with van der Waals surface area (Å²) in [4.78, 5) is 12.3. The number of carbonyl (C=O) groups excluding carboxylic acids is 1. The van der Waals surface area contributed by atoms with Gasteiger partial charge in [-0.3, -0.25) is 4.79 Å². The highest BCUT2D eigenvalue weighted by Crippen LogP contribution is 2.59. The number of ketones is 1. The summed E-state index contributed by atoms with van der Waals surface area (Å²) in [7, 11) is 0. The molecule has 0 bridgehead atoms. The molecule has 3 aliphatic carbocycles. The van der Waals surface area contributed by atoms with Gasteiger partial charge in [-0.1, -0.05) is 45.3 Å². The fourth-order valence-electron chi connectivity index (χ4n) is 5.48. The maximum absolute atomic E-state index is 12.3. The Morgan fingerprint density at radius 3 is 2.48 bits per heavy atom. The van der Waals surface area contributed by atoms with Crippen LogP contribution in [0.1, 0.15) is 65.2 Å². The van der Waals surface area contributed by atoms with Crippen LogP contribution in [0, 0.1) is 29.1 Å². The number of aliphatic hydroxyl groups is 2. The van der Waals surface area contributed by atoms with Gasteiger partial charge in [0, 0.05) is 17.8 Å². The van der Waals surface area contributed by atoms with E-state index in [0.29, 0.717) is 30.5 Å². The molecule has 3 rings (SSSR count). The third-order valence-corrected chi connectivity index (χ3v) is 7.04. The standard InChI is InChI=1S/C20H32O3/c1-13(2)20-11-10-18(22)15(16(20)12-19(20)23)8-9-17(21)14-6-4-3-5-7-14/h8-9,13-18,21-22H,3-7,10-12H2,1-2H3/t15-,16-,17-,18-,20-/m1/s1. The highest BCUT2D eigenvalue weighted by atomic mass is 16.3. The van der Waals surface area contributed by atoms with E-state index < -0.39 is 6.10 Å². The number of carbonyl (C=O) groups is 1. The Hall–Kier alpha value is -0.670. The van der Waals surface area contributed by atoms with Crippen LogP contribution in [0.15, 0.2) is 12.2 Å². The highest BCUT2D eigenvalue weighted by molar-refractivity contribution is 5.92. The molecule has 0 heterocycles. The Bertz CT molecular complexity index is 464. The van der Waals surface area contributed by atoms with Gasteiger partial charge in [0.25, 0.3) is 0 Å². The number of Topliss-reactive ketones (excluding diaryl/α,β-unsaturated/α-hetero) is 1. The summed E-state index contributed by atoms with van der Waals surface area (Å²) in [5.41, 5.74) is -0.218. The van der Waals surface area contributed by atoms with E-state index in [9.17, 15) is 15.0 Å². The van der Waals surface area contributed by atoms with Gasteiger partial charge in [-0.15, -0.1) is 0 Å². The van der Waals surface area contributed by atoms with Crippen LogP contribution >= 0.6 is 0 Å².